The van der Waals surface area contributed by atoms with Gasteiger partial charge in [0.25, 0.3) is 0 Å². The summed E-state index contributed by atoms with van der Waals surface area (Å²) < 4.78 is 0. The van der Waals surface area contributed by atoms with Crippen LogP contribution in [-0.4, -0.2) is 18.6 Å². The Bertz CT molecular complexity index is 125. The first-order chi connectivity index (χ1) is 5.09. The fraction of sp³-hybridized carbons (Fsp3) is 0.889. The molecule has 0 unspecified atom stereocenters. The van der Waals surface area contributed by atoms with Gasteiger partial charge in [0, 0.05) is 0 Å². The molecule has 0 heterocycles. The summed E-state index contributed by atoms with van der Waals surface area (Å²) in [5.41, 5.74) is 0. The van der Waals surface area contributed by atoms with Crippen LogP contribution in [0.3, 0.4) is 0 Å². The summed E-state index contributed by atoms with van der Waals surface area (Å²) in [6.45, 7) is 9.78. The van der Waals surface area contributed by atoms with E-state index >= 15 is 0 Å². The van der Waals surface area contributed by atoms with Crippen LogP contribution >= 0.6 is 0 Å². The highest BCUT2D eigenvalue weighted by atomic mass is 15.2. The molecule has 0 aliphatic carbocycles. The maximum Gasteiger partial charge on any atom is 0.0906 e. The second kappa shape index (κ2) is 5.15. The molecule has 2 nitrogen and oxygen atoms in total. The average molecular weight is 155 g/mol. The molecule has 0 bridgehead atoms. The molecule has 11 heavy (non-hydrogen) atoms. The van der Waals surface area contributed by atoms with Crippen molar-refractivity contribution < 1.29 is 4.90 Å². The largest absolute Gasteiger partial charge is 0.330 e. The Morgan fingerprint density at radius 2 is 1.64 bits per heavy atom. The quantitative estimate of drug-likeness (QED) is 0.633. The van der Waals surface area contributed by atoms with Crippen LogP contribution in [0.25, 0.3) is 0 Å². The number of hydrogen-bond acceptors (Lipinski definition) is 1. The van der Waals surface area contributed by atoms with Gasteiger partial charge in [-0.3, -0.25) is 0 Å². The van der Waals surface area contributed by atoms with Crippen LogP contribution in [0.2, 0.25) is 0 Å². The predicted octanol–water partition coefficient (Wildman–Crippen LogP) is 0.602. The molecule has 0 aliphatic heterocycles. The van der Waals surface area contributed by atoms with Gasteiger partial charge in [-0.05, 0) is 27.7 Å². The van der Waals surface area contributed by atoms with Crippen LogP contribution in [0.4, 0.5) is 0 Å². The van der Waals surface area contributed by atoms with Crippen LogP contribution in [0.1, 0.15) is 34.1 Å². The standard InChI is InChI=1S/C9H18N2/c1-8(2)11(9(3)4)7-5-6-10/h8-9H,5,7H2,1-4H3/p+1. The second-order valence-corrected chi connectivity index (χ2v) is 3.54. The van der Waals surface area contributed by atoms with E-state index in [4.69, 9.17) is 5.26 Å². The lowest BCUT2D eigenvalue weighted by molar-refractivity contribution is -0.941. The molecule has 0 aromatic rings. The van der Waals surface area contributed by atoms with Crippen molar-refractivity contribution in [1.82, 2.24) is 0 Å². The summed E-state index contributed by atoms with van der Waals surface area (Å²) in [5, 5.41) is 8.42. The second-order valence-electron chi connectivity index (χ2n) is 3.54. The Morgan fingerprint density at radius 3 is 1.91 bits per heavy atom. The molecule has 0 saturated carbocycles. The van der Waals surface area contributed by atoms with Gasteiger partial charge in [0.15, 0.2) is 0 Å². The summed E-state index contributed by atoms with van der Waals surface area (Å²) in [6, 6.07) is 3.44. The number of hydrogen-bond donors (Lipinski definition) is 1. The predicted molar refractivity (Wildman–Crippen MR) is 46.3 cm³/mol. The Hall–Kier alpha value is -0.550. The van der Waals surface area contributed by atoms with Gasteiger partial charge in [0.05, 0.1) is 31.1 Å². The first kappa shape index (κ1) is 10.4. The van der Waals surface area contributed by atoms with E-state index in [1.807, 2.05) is 0 Å². The van der Waals surface area contributed by atoms with Gasteiger partial charge in [-0.15, -0.1) is 0 Å². The minimum absolute atomic E-state index is 0.628. The Kier molecular flexibility index (Phi) is 4.89. The molecule has 0 aromatic carbocycles. The number of nitrogens with zero attached hydrogens (tertiary/aromatic N) is 1. The summed E-state index contributed by atoms with van der Waals surface area (Å²) in [4.78, 5) is 1.52. The van der Waals surface area contributed by atoms with Crippen LogP contribution < -0.4 is 4.90 Å². The van der Waals surface area contributed by atoms with Gasteiger partial charge in [-0.2, -0.15) is 5.26 Å². The Morgan fingerprint density at radius 1 is 1.18 bits per heavy atom. The highest BCUT2D eigenvalue weighted by molar-refractivity contribution is 4.67. The Labute approximate surface area is 69.8 Å². The number of quaternary nitrogens is 1. The third kappa shape index (κ3) is 4.00. The smallest absolute Gasteiger partial charge is 0.0906 e. The lowest BCUT2D eigenvalue weighted by atomic mass is 10.2. The zero-order valence-electron chi connectivity index (χ0n) is 8.02. The highest BCUT2D eigenvalue weighted by Gasteiger charge is 2.15. The molecule has 0 fully saturated rings. The van der Waals surface area contributed by atoms with Crippen molar-refractivity contribution in [2.45, 2.75) is 46.2 Å². The van der Waals surface area contributed by atoms with E-state index in [1.54, 1.807) is 0 Å². The van der Waals surface area contributed by atoms with Crippen molar-refractivity contribution in [2.75, 3.05) is 6.54 Å². The van der Waals surface area contributed by atoms with Gasteiger partial charge in [0.2, 0.25) is 0 Å². The maximum absolute atomic E-state index is 8.42. The molecule has 1 N–H and O–H groups in total. The molecule has 0 radical (unpaired) electrons. The molecule has 0 saturated heterocycles. The first-order valence-electron chi connectivity index (χ1n) is 4.32. The third-order valence-corrected chi connectivity index (χ3v) is 2.01. The summed E-state index contributed by atoms with van der Waals surface area (Å²) in [5.74, 6) is 0. The van der Waals surface area contributed by atoms with E-state index in [0.29, 0.717) is 18.5 Å². The van der Waals surface area contributed by atoms with E-state index in [0.717, 1.165) is 6.54 Å². The topological polar surface area (TPSA) is 28.2 Å². The van der Waals surface area contributed by atoms with E-state index in [1.165, 1.54) is 4.90 Å². The molecule has 0 atom stereocenters. The molecule has 2 heteroatoms. The monoisotopic (exact) mass is 155 g/mol. The van der Waals surface area contributed by atoms with Crippen LogP contribution in [0.5, 0.6) is 0 Å². The first-order valence-corrected chi connectivity index (χ1v) is 4.32. The maximum atomic E-state index is 8.42. The van der Waals surface area contributed by atoms with Gasteiger partial charge in [-0.1, -0.05) is 0 Å². The summed E-state index contributed by atoms with van der Waals surface area (Å²) in [6.07, 6.45) is 0.672. The van der Waals surface area contributed by atoms with Gasteiger partial charge in [-0.25, -0.2) is 0 Å². The number of rotatable bonds is 4. The van der Waals surface area contributed by atoms with E-state index in [9.17, 15) is 0 Å². The lowest BCUT2D eigenvalue weighted by Crippen LogP contribution is -3.17. The molecule has 0 rings (SSSR count). The number of nitriles is 1. The van der Waals surface area contributed by atoms with Gasteiger partial charge < -0.3 is 4.90 Å². The summed E-state index contributed by atoms with van der Waals surface area (Å²) >= 11 is 0. The van der Waals surface area contributed by atoms with Crippen molar-refractivity contribution in [3.8, 4) is 6.07 Å². The van der Waals surface area contributed by atoms with E-state index in [-0.39, 0.29) is 0 Å². The minimum atomic E-state index is 0.628. The fourth-order valence-corrected chi connectivity index (χ4v) is 1.44. The molecule has 64 valence electrons. The molecular weight excluding hydrogens is 136 g/mol. The molecule has 0 spiro atoms. The molecular formula is C9H19N2+. The number of nitrogens with one attached hydrogen (secondary N) is 1. The Balaban J connectivity index is 3.82. The third-order valence-electron chi connectivity index (χ3n) is 2.01. The molecule has 0 aliphatic rings. The fourth-order valence-electron chi connectivity index (χ4n) is 1.44. The van der Waals surface area contributed by atoms with Crippen molar-refractivity contribution in [3.63, 3.8) is 0 Å². The van der Waals surface area contributed by atoms with Crippen molar-refractivity contribution >= 4 is 0 Å². The van der Waals surface area contributed by atoms with Crippen LogP contribution in [0, 0.1) is 11.3 Å². The van der Waals surface area contributed by atoms with Gasteiger partial charge in [0.1, 0.15) is 0 Å². The average Bonchev–Trinajstić information content (AvgIpc) is 1.87. The minimum Gasteiger partial charge on any atom is -0.330 e. The molecule has 0 amide bonds. The zero-order valence-corrected chi connectivity index (χ0v) is 8.02. The molecule has 0 aromatic heterocycles. The lowest BCUT2D eigenvalue weighted by Gasteiger charge is -2.26. The van der Waals surface area contributed by atoms with Crippen LogP contribution in [0.15, 0.2) is 0 Å². The van der Waals surface area contributed by atoms with Crippen molar-refractivity contribution in [2.24, 2.45) is 0 Å². The van der Waals surface area contributed by atoms with E-state index in [2.05, 4.69) is 33.8 Å². The zero-order chi connectivity index (χ0) is 8.85. The highest BCUT2D eigenvalue weighted by Crippen LogP contribution is 1.78. The SMILES string of the molecule is CC(C)[NH+](CCC#N)C(C)C. The van der Waals surface area contributed by atoms with Crippen molar-refractivity contribution in [1.29, 1.82) is 5.26 Å². The van der Waals surface area contributed by atoms with E-state index < -0.39 is 0 Å². The van der Waals surface area contributed by atoms with Crippen molar-refractivity contribution in [3.05, 3.63) is 0 Å². The van der Waals surface area contributed by atoms with Gasteiger partial charge >= 0.3 is 0 Å². The summed E-state index contributed by atoms with van der Waals surface area (Å²) in [7, 11) is 0. The normalized spacial score (nSPS) is 11.1. The van der Waals surface area contributed by atoms with Crippen LogP contribution in [-0.2, 0) is 0 Å².